The highest BCUT2D eigenvalue weighted by atomic mass is 16.5. The normalized spacial score (nSPS) is 28.1. The monoisotopic (exact) mass is 219 g/mol. The minimum Gasteiger partial charge on any atom is -0.495 e. The van der Waals surface area contributed by atoms with Gasteiger partial charge in [-0.25, -0.2) is 0 Å². The predicted molar refractivity (Wildman–Crippen MR) is 62.7 cm³/mol. The van der Waals surface area contributed by atoms with Crippen LogP contribution in [0.2, 0.25) is 0 Å². The molecule has 0 saturated heterocycles. The molecule has 1 fully saturated rings. The average molecular weight is 219 g/mol. The van der Waals surface area contributed by atoms with Crippen molar-refractivity contribution in [2.24, 2.45) is 5.92 Å². The van der Waals surface area contributed by atoms with Crippen LogP contribution in [0.4, 0.5) is 5.69 Å². The second-order valence-electron chi connectivity index (χ2n) is 4.76. The van der Waals surface area contributed by atoms with E-state index in [1.54, 1.807) is 7.11 Å². The minimum absolute atomic E-state index is 0.350. The molecule has 0 bridgehead atoms. The van der Waals surface area contributed by atoms with E-state index in [4.69, 9.17) is 4.74 Å². The Morgan fingerprint density at radius 1 is 1.38 bits per heavy atom. The van der Waals surface area contributed by atoms with Crippen molar-refractivity contribution < 1.29 is 9.84 Å². The highest BCUT2D eigenvalue weighted by Crippen LogP contribution is 2.45. The molecule has 3 heteroatoms. The van der Waals surface area contributed by atoms with Gasteiger partial charge in [0.2, 0.25) is 0 Å². The zero-order valence-electron chi connectivity index (χ0n) is 9.44. The molecular weight excluding hydrogens is 202 g/mol. The first-order valence-corrected chi connectivity index (χ1v) is 5.91. The highest BCUT2D eigenvalue weighted by Gasteiger charge is 2.37. The molecule has 1 aromatic rings. The second-order valence-corrected chi connectivity index (χ2v) is 4.76. The lowest BCUT2D eigenvalue weighted by atomic mass is 9.92. The van der Waals surface area contributed by atoms with E-state index in [1.165, 1.54) is 12.8 Å². The van der Waals surface area contributed by atoms with Crippen LogP contribution in [-0.2, 0) is 0 Å². The molecule has 1 aromatic carbocycles. The van der Waals surface area contributed by atoms with E-state index in [0.29, 0.717) is 6.04 Å². The number of hydrogen-bond acceptors (Lipinski definition) is 3. The van der Waals surface area contributed by atoms with Crippen molar-refractivity contribution in [2.45, 2.75) is 31.4 Å². The van der Waals surface area contributed by atoms with E-state index >= 15 is 0 Å². The Kier molecular flexibility index (Phi) is 2.28. The molecule has 1 saturated carbocycles. The van der Waals surface area contributed by atoms with Gasteiger partial charge in [-0.3, -0.25) is 0 Å². The van der Waals surface area contributed by atoms with E-state index in [2.05, 4.69) is 5.32 Å². The van der Waals surface area contributed by atoms with Crippen LogP contribution in [0.15, 0.2) is 18.2 Å². The summed E-state index contributed by atoms with van der Waals surface area (Å²) in [6.07, 6.45) is 3.05. The molecule has 86 valence electrons. The van der Waals surface area contributed by atoms with E-state index in [1.807, 2.05) is 18.2 Å². The maximum Gasteiger partial charge on any atom is 0.142 e. The zero-order valence-corrected chi connectivity index (χ0v) is 9.44. The van der Waals surface area contributed by atoms with Crippen molar-refractivity contribution in [3.05, 3.63) is 23.8 Å². The molecule has 1 aliphatic carbocycles. The summed E-state index contributed by atoms with van der Waals surface area (Å²) in [5, 5.41) is 13.7. The lowest BCUT2D eigenvalue weighted by molar-refractivity contribution is 0.152. The van der Waals surface area contributed by atoms with Gasteiger partial charge in [0.25, 0.3) is 0 Å². The Balaban J connectivity index is 1.97. The Labute approximate surface area is 95.4 Å². The van der Waals surface area contributed by atoms with E-state index in [-0.39, 0.29) is 6.10 Å². The number of nitrogens with one attached hydrogen (secondary N) is 1. The summed E-state index contributed by atoms with van der Waals surface area (Å²) in [4.78, 5) is 0. The standard InChI is InChI=1S/C13H17NO2/c1-16-12-4-2-3-9-11(15)7-10(8-5-6-8)14-13(9)12/h2-4,8,10-11,14-15H,5-7H2,1H3. The molecule has 2 N–H and O–H groups in total. The van der Waals surface area contributed by atoms with Gasteiger partial charge in [-0.1, -0.05) is 12.1 Å². The minimum atomic E-state index is -0.350. The molecule has 2 atom stereocenters. The fourth-order valence-electron chi connectivity index (χ4n) is 2.57. The summed E-state index contributed by atoms with van der Waals surface area (Å²) in [6.45, 7) is 0. The van der Waals surface area contributed by atoms with Crippen molar-refractivity contribution in [3.63, 3.8) is 0 Å². The first kappa shape index (κ1) is 9.97. The molecule has 2 unspecified atom stereocenters. The molecule has 0 amide bonds. The molecule has 0 aromatic heterocycles. The van der Waals surface area contributed by atoms with E-state index < -0.39 is 0 Å². The van der Waals surface area contributed by atoms with Crippen LogP contribution in [0.1, 0.15) is 30.9 Å². The Hall–Kier alpha value is -1.22. The lowest BCUT2D eigenvalue weighted by Crippen LogP contribution is -2.30. The summed E-state index contributed by atoms with van der Waals surface area (Å²) in [5.41, 5.74) is 1.96. The molecule has 1 aliphatic heterocycles. The summed E-state index contributed by atoms with van der Waals surface area (Å²) in [6, 6.07) is 6.26. The Morgan fingerprint density at radius 2 is 2.19 bits per heavy atom. The third-order valence-corrected chi connectivity index (χ3v) is 3.64. The van der Waals surface area contributed by atoms with Gasteiger partial charge in [0.1, 0.15) is 5.75 Å². The molecule has 16 heavy (non-hydrogen) atoms. The fraction of sp³-hybridized carbons (Fsp3) is 0.538. The number of ether oxygens (including phenoxy) is 1. The number of para-hydroxylation sites is 1. The predicted octanol–water partition coefficient (Wildman–Crippen LogP) is 2.32. The van der Waals surface area contributed by atoms with Gasteiger partial charge in [0, 0.05) is 11.6 Å². The van der Waals surface area contributed by atoms with Crippen LogP contribution < -0.4 is 10.1 Å². The van der Waals surface area contributed by atoms with Gasteiger partial charge in [0.15, 0.2) is 0 Å². The first-order chi connectivity index (χ1) is 7.79. The molecule has 3 rings (SSSR count). The number of methoxy groups -OCH3 is 1. The number of benzene rings is 1. The molecule has 0 radical (unpaired) electrons. The van der Waals surface area contributed by atoms with Crippen molar-refractivity contribution in [3.8, 4) is 5.75 Å². The molecule has 0 spiro atoms. The third kappa shape index (κ3) is 1.55. The van der Waals surface area contributed by atoms with E-state index in [9.17, 15) is 5.11 Å². The smallest absolute Gasteiger partial charge is 0.142 e. The summed E-state index contributed by atoms with van der Waals surface area (Å²) >= 11 is 0. The quantitative estimate of drug-likeness (QED) is 0.802. The van der Waals surface area contributed by atoms with Gasteiger partial charge < -0.3 is 15.2 Å². The lowest BCUT2D eigenvalue weighted by Gasteiger charge is -2.31. The van der Waals surface area contributed by atoms with Crippen LogP contribution in [0.3, 0.4) is 0 Å². The number of rotatable bonds is 2. The van der Waals surface area contributed by atoms with Crippen LogP contribution in [-0.4, -0.2) is 18.3 Å². The van der Waals surface area contributed by atoms with E-state index in [0.717, 1.165) is 29.3 Å². The fourth-order valence-corrected chi connectivity index (χ4v) is 2.57. The highest BCUT2D eigenvalue weighted by molar-refractivity contribution is 5.65. The number of hydrogen-bond donors (Lipinski definition) is 2. The van der Waals surface area contributed by atoms with Gasteiger partial charge in [0.05, 0.1) is 18.9 Å². The molecular formula is C13H17NO2. The van der Waals surface area contributed by atoms with Crippen molar-refractivity contribution in [2.75, 3.05) is 12.4 Å². The SMILES string of the molecule is COc1cccc2c1NC(C1CC1)CC2O. The summed E-state index contributed by atoms with van der Waals surface area (Å²) in [5.74, 6) is 1.58. The number of aliphatic hydroxyl groups is 1. The second kappa shape index (κ2) is 3.67. The van der Waals surface area contributed by atoms with Gasteiger partial charge >= 0.3 is 0 Å². The maximum atomic E-state index is 10.1. The van der Waals surface area contributed by atoms with Crippen molar-refractivity contribution in [1.29, 1.82) is 0 Å². The van der Waals surface area contributed by atoms with Crippen LogP contribution in [0, 0.1) is 5.92 Å². The largest absolute Gasteiger partial charge is 0.495 e. The Morgan fingerprint density at radius 3 is 2.88 bits per heavy atom. The van der Waals surface area contributed by atoms with Crippen LogP contribution >= 0.6 is 0 Å². The first-order valence-electron chi connectivity index (χ1n) is 5.91. The van der Waals surface area contributed by atoms with Gasteiger partial charge in [-0.05, 0) is 31.2 Å². The van der Waals surface area contributed by atoms with Gasteiger partial charge in [-0.2, -0.15) is 0 Å². The zero-order chi connectivity index (χ0) is 11.1. The van der Waals surface area contributed by atoms with Gasteiger partial charge in [-0.15, -0.1) is 0 Å². The third-order valence-electron chi connectivity index (χ3n) is 3.64. The van der Waals surface area contributed by atoms with Crippen molar-refractivity contribution >= 4 is 5.69 Å². The average Bonchev–Trinajstić information content (AvgIpc) is 3.12. The van der Waals surface area contributed by atoms with Crippen molar-refractivity contribution in [1.82, 2.24) is 0 Å². The molecule has 1 heterocycles. The molecule has 2 aliphatic rings. The number of aliphatic hydroxyl groups excluding tert-OH is 1. The summed E-state index contributed by atoms with van der Waals surface area (Å²) in [7, 11) is 1.67. The van der Waals surface area contributed by atoms with Crippen LogP contribution in [0.25, 0.3) is 0 Å². The maximum absolute atomic E-state index is 10.1. The topological polar surface area (TPSA) is 41.5 Å². The number of anilines is 1. The van der Waals surface area contributed by atoms with Crippen LogP contribution in [0.5, 0.6) is 5.75 Å². The Bertz CT molecular complexity index is 401. The molecule has 3 nitrogen and oxygen atoms in total. The number of fused-ring (bicyclic) bond motifs is 1. The summed E-state index contributed by atoms with van der Waals surface area (Å²) < 4.78 is 5.34.